The number of imidazole rings is 1. The van der Waals surface area contributed by atoms with E-state index in [4.69, 9.17) is 4.98 Å². The van der Waals surface area contributed by atoms with Crippen molar-refractivity contribution in [1.29, 1.82) is 0 Å². The Labute approximate surface area is 157 Å². The second-order valence-electron chi connectivity index (χ2n) is 6.44. The van der Waals surface area contributed by atoms with Crippen molar-refractivity contribution in [3.8, 4) is 0 Å². The molecule has 1 N–H and O–H groups in total. The van der Waals surface area contributed by atoms with E-state index in [1.807, 2.05) is 42.5 Å². The van der Waals surface area contributed by atoms with Crippen molar-refractivity contribution in [3.63, 3.8) is 0 Å². The summed E-state index contributed by atoms with van der Waals surface area (Å²) in [6.45, 7) is 0. The van der Waals surface area contributed by atoms with Gasteiger partial charge in [0.2, 0.25) is 0 Å². The maximum Gasteiger partial charge on any atom is 0.274 e. The molecule has 0 saturated carbocycles. The lowest BCUT2D eigenvalue weighted by atomic mass is 10.1. The number of carbonyl (C=O) groups is 1. The molecule has 5 heteroatoms. The first-order valence-electron chi connectivity index (χ1n) is 8.92. The molecule has 2 heterocycles. The molecule has 4 rings (SSSR count). The predicted molar refractivity (Wildman–Crippen MR) is 107 cm³/mol. The first kappa shape index (κ1) is 17.0. The number of nitrogens with zero attached hydrogens (tertiary/aromatic N) is 3. The van der Waals surface area contributed by atoms with Gasteiger partial charge in [-0.2, -0.15) is 0 Å². The molecule has 27 heavy (non-hydrogen) atoms. The quantitative estimate of drug-likeness (QED) is 0.588. The minimum absolute atomic E-state index is 0.206. The molecule has 0 bridgehead atoms. The third-order valence-electron chi connectivity index (χ3n) is 4.63. The minimum Gasteiger partial charge on any atom is -0.331 e. The molecular formula is C22H20N4O. The van der Waals surface area contributed by atoms with Crippen molar-refractivity contribution in [2.24, 2.45) is 7.05 Å². The van der Waals surface area contributed by atoms with Crippen molar-refractivity contribution in [2.45, 2.75) is 12.8 Å². The highest BCUT2D eigenvalue weighted by Crippen LogP contribution is 2.17. The Morgan fingerprint density at radius 3 is 2.48 bits per heavy atom. The highest BCUT2D eigenvalue weighted by Gasteiger charge is 2.08. The molecule has 0 aliphatic heterocycles. The summed E-state index contributed by atoms with van der Waals surface area (Å²) in [6, 6.07) is 21.4. The topological polar surface area (TPSA) is 59.8 Å². The molecule has 5 nitrogen and oxygen atoms in total. The normalized spacial score (nSPS) is 10.9. The zero-order valence-electron chi connectivity index (χ0n) is 15.1. The van der Waals surface area contributed by atoms with Crippen LogP contribution >= 0.6 is 0 Å². The summed E-state index contributed by atoms with van der Waals surface area (Å²) < 4.78 is 2.15. The van der Waals surface area contributed by atoms with Gasteiger partial charge in [-0.05, 0) is 48.4 Å². The van der Waals surface area contributed by atoms with Crippen LogP contribution in [0.1, 0.15) is 21.9 Å². The number of benzene rings is 2. The van der Waals surface area contributed by atoms with Gasteiger partial charge < -0.3 is 9.88 Å². The molecule has 0 fully saturated rings. The lowest BCUT2D eigenvalue weighted by molar-refractivity contribution is 0.102. The van der Waals surface area contributed by atoms with Crippen LogP contribution in [0.5, 0.6) is 0 Å². The maximum absolute atomic E-state index is 12.1. The van der Waals surface area contributed by atoms with Crippen molar-refractivity contribution in [3.05, 3.63) is 90.0 Å². The van der Waals surface area contributed by atoms with E-state index >= 15 is 0 Å². The van der Waals surface area contributed by atoms with Gasteiger partial charge in [0.1, 0.15) is 11.5 Å². The van der Waals surface area contributed by atoms with E-state index in [0.717, 1.165) is 35.4 Å². The van der Waals surface area contributed by atoms with Gasteiger partial charge in [0.05, 0.1) is 11.0 Å². The second kappa shape index (κ2) is 7.41. The van der Waals surface area contributed by atoms with Gasteiger partial charge in [0.15, 0.2) is 0 Å². The van der Waals surface area contributed by atoms with Crippen molar-refractivity contribution >= 4 is 22.6 Å². The number of hydrogen-bond acceptors (Lipinski definition) is 3. The van der Waals surface area contributed by atoms with E-state index in [9.17, 15) is 4.79 Å². The van der Waals surface area contributed by atoms with Crippen LogP contribution in [-0.4, -0.2) is 20.4 Å². The van der Waals surface area contributed by atoms with Crippen LogP contribution in [0.4, 0.5) is 5.69 Å². The monoisotopic (exact) mass is 356 g/mol. The lowest BCUT2D eigenvalue weighted by Gasteiger charge is -2.07. The number of hydrogen-bond donors (Lipinski definition) is 1. The summed E-state index contributed by atoms with van der Waals surface area (Å²) in [5.74, 6) is 0.867. The van der Waals surface area contributed by atoms with E-state index in [0.29, 0.717) is 5.69 Å². The Kier molecular flexibility index (Phi) is 4.66. The Morgan fingerprint density at radius 2 is 1.74 bits per heavy atom. The molecule has 134 valence electrons. The van der Waals surface area contributed by atoms with Gasteiger partial charge in [0, 0.05) is 25.4 Å². The van der Waals surface area contributed by atoms with E-state index < -0.39 is 0 Å². The number of amides is 1. The number of anilines is 1. The fourth-order valence-corrected chi connectivity index (χ4v) is 3.12. The number of aromatic nitrogens is 3. The molecular weight excluding hydrogens is 336 g/mol. The number of carbonyl (C=O) groups excluding carboxylic acids is 1. The smallest absolute Gasteiger partial charge is 0.274 e. The van der Waals surface area contributed by atoms with E-state index in [-0.39, 0.29) is 5.91 Å². The molecule has 0 atom stereocenters. The van der Waals surface area contributed by atoms with Gasteiger partial charge in [-0.1, -0.05) is 30.3 Å². The highest BCUT2D eigenvalue weighted by molar-refractivity contribution is 6.02. The van der Waals surface area contributed by atoms with Gasteiger partial charge in [-0.3, -0.25) is 9.78 Å². The van der Waals surface area contributed by atoms with Gasteiger partial charge in [-0.15, -0.1) is 0 Å². The molecule has 0 saturated heterocycles. The molecule has 0 radical (unpaired) electrons. The SMILES string of the molecule is Cn1c(CCc2ccc(NC(=O)c3ccccn3)cc2)nc2ccccc21. The van der Waals surface area contributed by atoms with Crippen LogP contribution < -0.4 is 5.32 Å². The van der Waals surface area contributed by atoms with E-state index in [1.165, 1.54) is 5.56 Å². The highest BCUT2D eigenvalue weighted by atomic mass is 16.1. The lowest BCUT2D eigenvalue weighted by Crippen LogP contribution is -2.13. The molecule has 0 aliphatic carbocycles. The van der Waals surface area contributed by atoms with E-state index in [1.54, 1.807) is 24.4 Å². The molecule has 0 spiro atoms. The van der Waals surface area contributed by atoms with Crippen molar-refractivity contribution in [1.82, 2.24) is 14.5 Å². The molecule has 4 aromatic rings. The standard InChI is InChI=1S/C22H20N4O/c1-26-20-8-3-2-6-18(20)25-21(26)14-11-16-9-12-17(13-10-16)24-22(27)19-7-4-5-15-23-19/h2-10,12-13,15H,11,14H2,1H3,(H,24,27). The summed E-state index contributed by atoms with van der Waals surface area (Å²) in [6.07, 6.45) is 3.37. The molecule has 2 aromatic carbocycles. The van der Waals surface area contributed by atoms with Crippen LogP contribution in [0.25, 0.3) is 11.0 Å². The van der Waals surface area contributed by atoms with Gasteiger partial charge in [0.25, 0.3) is 5.91 Å². The summed E-state index contributed by atoms with van der Waals surface area (Å²) in [5.41, 5.74) is 4.56. The number of nitrogens with one attached hydrogen (secondary N) is 1. The third-order valence-corrected chi connectivity index (χ3v) is 4.63. The fourth-order valence-electron chi connectivity index (χ4n) is 3.12. The van der Waals surface area contributed by atoms with Crippen LogP contribution in [0.15, 0.2) is 72.9 Å². The van der Waals surface area contributed by atoms with Crippen molar-refractivity contribution < 1.29 is 4.79 Å². The Morgan fingerprint density at radius 1 is 0.963 bits per heavy atom. The largest absolute Gasteiger partial charge is 0.331 e. The molecule has 0 unspecified atom stereocenters. The summed E-state index contributed by atoms with van der Waals surface area (Å²) in [5, 5.41) is 2.87. The number of para-hydroxylation sites is 2. The summed E-state index contributed by atoms with van der Waals surface area (Å²) in [4.78, 5) is 20.9. The molecule has 2 aromatic heterocycles. The number of aryl methyl sites for hydroxylation is 3. The van der Waals surface area contributed by atoms with E-state index in [2.05, 4.69) is 28.0 Å². The third kappa shape index (κ3) is 3.72. The average molecular weight is 356 g/mol. The van der Waals surface area contributed by atoms with Crippen LogP contribution in [-0.2, 0) is 19.9 Å². The van der Waals surface area contributed by atoms with Gasteiger partial charge in [-0.25, -0.2) is 4.98 Å². The Balaban J connectivity index is 1.40. The molecule has 0 aliphatic rings. The van der Waals surface area contributed by atoms with Crippen LogP contribution in [0, 0.1) is 0 Å². The zero-order valence-corrected chi connectivity index (χ0v) is 15.1. The molecule has 1 amide bonds. The number of rotatable bonds is 5. The zero-order chi connectivity index (χ0) is 18.6. The number of fused-ring (bicyclic) bond motifs is 1. The average Bonchev–Trinajstić information content (AvgIpc) is 3.04. The first-order valence-corrected chi connectivity index (χ1v) is 8.92. The Hall–Kier alpha value is -3.47. The number of pyridine rings is 1. The minimum atomic E-state index is -0.206. The van der Waals surface area contributed by atoms with Crippen molar-refractivity contribution in [2.75, 3.05) is 5.32 Å². The second-order valence-corrected chi connectivity index (χ2v) is 6.44. The fraction of sp³-hybridized carbons (Fsp3) is 0.136. The predicted octanol–water partition coefficient (Wildman–Crippen LogP) is 4.01. The van der Waals surface area contributed by atoms with Crippen LogP contribution in [0.2, 0.25) is 0 Å². The Bertz CT molecular complexity index is 1070. The van der Waals surface area contributed by atoms with Crippen LogP contribution in [0.3, 0.4) is 0 Å². The summed E-state index contributed by atoms with van der Waals surface area (Å²) in [7, 11) is 2.06. The maximum atomic E-state index is 12.1. The summed E-state index contributed by atoms with van der Waals surface area (Å²) >= 11 is 0. The van der Waals surface area contributed by atoms with Gasteiger partial charge >= 0.3 is 0 Å². The first-order chi connectivity index (χ1) is 13.2.